The molecule has 4 nitrogen and oxygen atoms in total. The maximum atomic E-state index is 13.5. The standard InChI is InChI=1S/C23H20ClN3OS/c24-17-6-4-16(5-7-17)23(28)22-14-26(11-12-27(22)18-9-13-29-15-18)21-3-1-2-20-19(21)8-10-25-20/h1-10,13,15,22,25H,11-12,14H2/q+1. The highest BCUT2D eigenvalue weighted by atomic mass is 35.5. The summed E-state index contributed by atoms with van der Waals surface area (Å²) in [6.07, 6.45) is 1.96. The van der Waals surface area contributed by atoms with Crippen molar-refractivity contribution in [1.82, 2.24) is 9.88 Å². The third-order valence-corrected chi connectivity index (χ3v) is 6.48. The highest BCUT2D eigenvalue weighted by molar-refractivity contribution is 7.08. The van der Waals surface area contributed by atoms with Gasteiger partial charge in [0, 0.05) is 33.9 Å². The maximum Gasteiger partial charge on any atom is 0.191 e. The quantitative estimate of drug-likeness (QED) is 0.353. The minimum atomic E-state index is -0.256. The van der Waals surface area contributed by atoms with Crippen molar-refractivity contribution in [3.05, 3.63) is 82.1 Å². The second-order valence-corrected chi connectivity index (χ2v) is 8.44. The molecule has 1 N–H and O–H groups in total. The van der Waals surface area contributed by atoms with Crippen LogP contribution in [0.1, 0.15) is 10.4 Å². The van der Waals surface area contributed by atoms with Gasteiger partial charge in [0.25, 0.3) is 0 Å². The third-order valence-electron chi connectivity index (χ3n) is 5.56. The number of Topliss-reactive ketones (excluding diaryl/α,β-unsaturated/α-hetero) is 1. The van der Waals surface area contributed by atoms with Crippen LogP contribution in [0.5, 0.6) is 0 Å². The molecule has 1 atom stereocenters. The number of nitrogens with zero attached hydrogens (tertiary/aromatic N) is 2. The van der Waals surface area contributed by atoms with Gasteiger partial charge in [-0.3, -0.25) is 4.79 Å². The number of H-pyrrole nitrogens is 1. The molecule has 0 aliphatic carbocycles. The predicted octanol–water partition coefficient (Wildman–Crippen LogP) is 5.43. The van der Waals surface area contributed by atoms with E-state index in [1.54, 1.807) is 23.5 Å². The number of thiophene rings is 1. The molecule has 1 aliphatic rings. The number of aromatic nitrogens is 1. The van der Waals surface area contributed by atoms with Crippen LogP contribution >= 0.6 is 22.9 Å². The van der Waals surface area contributed by atoms with Crippen molar-refractivity contribution in [3.63, 3.8) is 0 Å². The van der Waals surface area contributed by atoms with Crippen LogP contribution in [0.3, 0.4) is 0 Å². The molecule has 1 fully saturated rings. The summed E-state index contributed by atoms with van der Waals surface area (Å²) < 4.78 is 0. The normalized spacial score (nSPS) is 17.7. The molecule has 4 aromatic rings. The van der Waals surface area contributed by atoms with E-state index < -0.39 is 0 Å². The van der Waals surface area contributed by atoms with Crippen LogP contribution < -0.4 is 9.80 Å². The first kappa shape index (κ1) is 18.4. The van der Waals surface area contributed by atoms with Crippen molar-refractivity contribution in [2.75, 3.05) is 24.5 Å². The number of benzene rings is 2. The summed E-state index contributed by atoms with van der Waals surface area (Å²) in [5.74, 6) is 0.124. The van der Waals surface area contributed by atoms with Gasteiger partial charge in [-0.25, -0.2) is 0 Å². The Bertz CT molecular complexity index is 1140. The molecule has 1 radical (unpaired) electrons. The molecule has 145 valence electrons. The van der Waals surface area contributed by atoms with E-state index in [4.69, 9.17) is 11.6 Å². The van der Waals surface area contributed by atoms with Gasteiger partial charge in [0.15, 0.2) is 18.0 Å². The summed E-state index contributed by atoms with van der Waals surface area (Å²) in [5.41, 5.74) is 4.09. The number of carbonyl (C=O) groups is 1. The van der Waals surface area contributed by atoms with E-state index in [0.717, 1.165) is 24.3 Å². The minimum Gasteiger partial charge on any atom is -0.361 e. The Hall–Kier alpha value is -2.60. The molecule has 29 heavy (non-hydrogen) atoms. The van der Waals surface area contributed by atoms with Crippen molar-refractivity contribution >= 4 is 51.0 Å². The van der Waals surface area contributed by atoms with E-state index in [1.165, 1.54) is 11.1 Å². The number of nitrogens with one attached hydrogen (secondary N) is 1. The average Bonchev–Trinajstić information content (AvgIpc) is 3.45. The summed E-state index contributed by atoms with van der Waals surface area (Å²) in [4.78, 5) is 21.3. The maximum absolute atomic E-state index is 13.5. The number of carbonyl (C=O) groups excluding carboxylic acids is 1. The molecule has 3 heterocycles. The van der Waals surface area contributed by atoms with Gasteiger partial charge >= 0.3 is 0 Å². The van der Waals surface area contributed by atoms with Crippen LogP contribution in [-0.4, -0.2) is 36.4 Å². The zero-order valence-corrected chi connectivity index (χ0v) is 17.3. The molecule has 6 heteroatoms. The minimum absolute atomic E-state index is 0.124. The van der Waals surface area contributed by atoms with E-state index >= 15 is 0 Å². The monoisotopic (exact) mass is 421 g/mol. The van der Waals surface area contributed by atoms with Crippen LogP contribution in [0.25, 0.3) is 10.9 Å². The Balaban J connectivity index is 1.51. The van der Waals surface area contributed by atoms with Crippen molar-refractivity contribution in [2.24, 2.45) is 0 Å². The molecular formula is C23H20ClN3OS+. The van der Waals surface area contributed by atoms with Gasteiger partial charge in [0.2, 0.25) is 0 Å². The third kappa shape index (κ3) is 3.46. The Labute approximate surface area is 178 Å². The highest BCUT2D eigenvalue weighted by Gasteiger charge is 2.40. The van der Waals surface area contributed by atoms with Gasteiger partial charge in [0.1, 0.15) is 12.6 Å². The Morgan fingerprint density at radius 1 is 1.14 bits per heavy atom. The van der Waals surface area contributed by atoms with Crippen LogP contribution in [-0.2, 0) is 0 Å². The second-order valence-electron chi connectivity index (χ2n) is 7.22. The molecule has 0 amide bonds. The van der Waals surface area contributed by atoms with Crippen molar-refractivity contribution < 1.29 is 4.79 Å². The fourth-order valence-electron chi connectivity index (χ4n) is 4.11. The van der Waals surface area contributed by atoms with Gasteiger partial charge in [0.05, 0.1) is 17.4 Å². The van der Waals surface area contributed by atoms with Crippen LogP contribution in [0.2, 0.25) is 5.02 Å². The summed E-state index contributed by atoms with van der Waals surface area (Å²) in [5, 5.41) is 6.01. The molecule has 2 aromatic carbocycles. The molecule has 0 spiro atoms. The largest absolute Gasteiger partial charge is 0.361 e. The lowest BCUT2D eigenvalue weighted by molar-refractivity contribution is 0.0944. The first-order chi connectivity index (χ1) is 14.2. The number of rotatable bonds is 4. The topological polar surface area (TPSA) is 42.0 Å². The summed E-state index contributed by atoms with van der Waals surface area (Å²) >= 11 is 7.69. The van der Waals surface area contributed by atoms with Gasteiger partial charge in [-0.15, -0.1) is 4.90 Å². The lowest BCUT2D eigenvalue weighted by Gasteiger charge is -2.36. The summed E-state index contributed by atoms with van der Waals surface area (Å²) in [6.45, 7) is 2.30. The van der Waals surface area contributed by atoms with Gasteiger partial charge in [-0.1, -0.05) is 17.7 Å². The lowest BCUT2D eigenvalue weighted by atomic mass is 9.99. The molecular weight excluding hydrogens is 402 g/mol. The number of piperazine rings is 1. The Morgan fingerprint density at radius 2 is 2.00 bits per heavy atom. The first-order valence-electron chi connectivity index (χ1n) is 9.60. The summed E-state index contributed by atoms with van der Waals surface area (Å²) in [7, 11) is 0. The second kappa shape index (κ2) is 7.67. The number of ketones is 1. The fourth-order valence-corrected chi connectivity index (χ4v) is 4.88. The molecule has 1 unspecified atom stereocenters. The van der Waals surface area contributed by atoms with Crippen LogP contribution in [0.15, 0.2) is 71.6 Å². The number of aromatic amines is 1. The SMILES string of the molecule is O=C(c1ccc(Cl)cc1)C1C[N+](c2cccc3[nH]ccc23)CCN1c1ccsc1. The molecule has 0 saturated carbocycles. The molecule has 0 bridgehead atoms. The Kier molecular flexibility index (Phi) is 4.87. The number of hydrogen-bond donors (Lipinski definition) is 1. The highest BCUT2D eigenvalue weighted by Crippen LogP contribution is 2.31. The van der Waals surface area contributed by atoms with Crippen molar-refractivity contribution in [1.29, 1.82) is 0 Å². The average molecular weight is 422 g/mol. The van der Waals surface area contributed by atoms with Crippen LogP contribution in [0.4, 0.5) is 11.4 Å². The van der Waals surface area contributed by atoms with E-state index in [0.29, 0.717) is 17.1 Å². The van der Waals surface area contributed by atoms with Gasteiger partial charge in [-0.2, -0.15) is 11.3 Å². The molecule has 1 aliphatic heterocycles. The number of hydrogen-bond acceptors (Lipinski definition) is 4. The predicted molar refractivity (Wildman–Crippen MR) is 121 cm³/mol. The zero-order chi connectivity index (χ0) is 19.8. The molecule has 2 aromatic heterocycles. The first-order valence-corrected chi connectivity index (χ1v) is 10.9. The Morgan fingerprint density at radius 3 is 2.79 bits per heavy atom. The zero-order valence-electron chi connectivity index (χ0n) is 15.7. The van der Waals surface area contributed by atoms with Gasteiger partial charge < -0.3 is 9.88 Å². The van der Waals surface area contributed by atoms with E-state index in [9.17, 15) is 4.79 Å². The van der Waals surface area contributed by atoms with E-state index in [2.05, 4.69) is 55.9 Å². The van der Waals surface area contributed by atoms with Crippen molar-refractivity contribution in [3.8, 4) is 0 Å². The summed E-state index contributed by atoms with van der Waals surface area (Å²) in [6, 6.07) is 17.4. The van der Waals surface area contributed by atoms with Crippen molar-refractivity contribution in [2.45, 2.75) is 6.04 Å². The smallest absolute Gasteiger partial charge is 0.191 e. The lowest BCUT2D eigenvalue weighted by Crippen LogP contribution is -2.57. The van der Waals surface area contributed by atoms with Gasteiger partial charge in [-0.05, 0) is 47.8 Å². The fraction of sp³-hybridized carbons (Fsp3) is 0.174. The number of anilines is 2. The molecule has 1 saturated heterocycles. The van der Waals surface area contributed by atoms with E-state index in [1.807, 2.05) is 18.3 Å². The number of halogens is 1. The van der Waals surface area contributed by atoms with E-state index in [-0.39, 0.29) is 11.8 Å². The number of fused-ring (bicyclic) bond motifs is 1. The molecule has 5 rings (SSSR count). The van der Waals surface area contributed by atoms with Crippen LogP contribution in [0, 0.1) is 0 Å².